The molecule has 5 heteroatoms. The van der Waals surface area contributed by atoms with E-state index in [2.05, 4.69) is 0 Å². The number of nitrogens with two attached hydrogens (primary N) is 1. The van der Waals surface area contributed by atoms with Crippen LogP contribution in [0, 0.1) is 12.7 Å². The van der Waals surface area contributed by atoms with Gasteiger partial charge in [-0.05, 0) is 52.3 Å². The van der Waals surface area contributed by atoms with Gasteiger partial charge < -0.3 is 15.4 Å². The zero-order valence-corrected chi connectivity index (χ0v) is 13.3. The van der Waals surface area contributed by atoms with Gasteiger partial charge in [-0.3, -0.25) is 4.79 Å². The Kier molecular flexibility index (Phi) is 3.74. The first-order chi connectivity index (χ1) is 9.51. The molecule has 21 heavy (non-hydrogen) atoms. The number of halogens is 1. The van der Waals surface area contributed by atoms with Gasteiger partial charge in [-0.25, -0.2) is 4.39 Å². The van der Waals surface area contributed by atoms with Crippen LogP contribution in [-0.4, -0.2) is 35.1 Å². The summed E-state index contributed by atoms with van der Waals surface area (Å²) in [4.78, 5) is 14.3. The van der Waals surface area contributed by atoms with Gasteiger partial charge in [0.15, 0.2) is 0 Å². The number of ether oxygens (including phenoxy) is 1. The van der Waals surface area contributed by atoms with Crippen molar-refractivity contribution in [3.8, 4) is 0 Å². The van der Waals surface area contributed by atoms with Gasteiger partial charge >= 0.3 is 0 Å². The molecule has 0 spiro atoms. The smallest absolute Gasteiger partial charge is 0.257 e. The van der Waals surface area contributed by atoms with Crippen molar-refractivity contribution in [2.24, 2.45) is 0 Å². The largest absolute Gasteiger partial charge is 0.399 e. The van der Waals surface area contributed by atoms with Gasteiger partial charge in [0.25, 0.3) is 5.91 Å². The second-order valence-corrected chi connectivity index (χ2v) is 6.98. The highest BCUT2D eigenvalue weighted by molar-refractivity contribution is 5.95. The number of nitrogen functional groups attached to an aromatic ring is 1. The lowest BCUT2D eigenvalue weighted by Gasteiger charge is -2.47. The molecule has 0 saturated carbocycles. The minimum atomic E-state index is -0.503. The molecule has 1 aliphatic rings. The molecule has 1 aliphatic heterocycles. The number of aryl methyl sites for hydroxylation is 1. The average molecular weight is 294 g/mol. The fraction of sp³-hybridized carbons (Fsp3) is 0.562. The van der Waals surface area contributed by atoms with Crippen molar-refractivity contribution < 1.29 is 13.9 Å². The molecule has 4 nitrogen and oxygen atoms in total. The maximum atomic E-state index is 14.2. The Morgan fingerprint density at radius 3 is 2.29 bits per heavy atom. The number of amides is 1. The maximum Gasteiger partial charge on any atom is 0.257 e. The van der Waals surface area contributed by atoms with Gasteiger partial charge in [0.05, 0.1) is 16.8 Å². The zero-order chi connectivity index (χ0) is 16.0. The third-order valence-electron chi connectivity index (χ3n) is 3.49. The Balaban J connectivity index is 2.36. The van der Waals surface area contributed by atoms with E-state index in [1.165, 1.54) is 12.1 Å². The van der Waals surface area contributed by atoms with E-state index in [1.54, 1.807) is 11.8 Å². The second kappa shape index (κ2) is 4.98. The van der Waals surface area contributed by atoms with E-state index < -0.39 is 17.0 Å². The van der Waals surface area contributed by atoms with Gasteiger partial charge in [-0.15, -0.1) is 0 Å². The van der Waals surface area contributed by atoms with Gasteiger partial charge in [0, 0.05) is 18.8 Å². The van der Waals surface area contributed by atoms with Crippen molar-refractivity contribution >= 4 is 11.6 Å². The summed E-state index contributed by atoms with van der Waals surface area (Å²) in [7, 11) is 0. The topological polar surface area (TPSA) is 55.6 Å². The van der Waals surface area contributed by atoms with Gasteiger partial charge in [0.2, 0.25) is 0 Å². The standard InChI is InChI=1S/C16H23FN2O2/c1-10-6-11(18)7-12(13(10)17)14(20)19-8-15(2,3)21-16(4,5)9-19/h6-7H,8-9,18H2,1-5H3. The molecular weight excluding hydrogens is 271 g/mol. The SMILES string of the molecule is Cc1cc(N)cc(C(=O)N2CC(C)(C)OC(C)(C)C2)c1F. The minimum Gasteiger partial charge on any atom is -0.399 e. The van der Waals surface area contributed by atoms with Crippen molar-refractivity contribution in [3.05, 3.63) is 29.1 Å². The van der Waals surface area contributed by atoms with Gasteiger partial charge in [0.1, 0.15) is 5.82 Å². The third kappa shape index (κ3) is 3.35. The normalized spacial score (nSPS) is 20.4. The first-order valence-corrected chi connectivity index (χ1v) is 7.06. The average Bonchev–Trinajstić information content (AvgIpc) is 2.29. The number of hydrogen-bond acceptors (Lipinski definition) is 3. The quantitative estimate of drug-likeness (QED) is 0.810. The number of hydrogen-bond donors (Lipinski definition) is 1. The lowest BCUT2D eigenvalue weighted by Crippen LogP contribution is -2.58. The molecule has 0 unspecified atom stereocenters. The number of benzene rings is 1. The zero-order valence-electron chi connectivity index (χ0n) is 13.3. The van der Waals surface area contributed by atoms with Crippen LogP contribution in [0.15, 0.2) is 12.1 Å². The van der Waals surface area contributed by atoms with Crippen LogP contribution in [-0.2, 0) is 4.74 Å². The van der Waals surface area contributed by atoms with Crippen LogP contribution in [0.25, 0.3) is 0 Å². The molecule has 0 bridgehead atoms. The fourth-order valence-electron chi connectivity index (χ4n) is 3.05. The van der Waals surface area contributed by atoms with Crippen molar-refractivity contribution in [2.75, 3.05) is 18.8 Å². The molecule has 0 aromatic heterocycles. The van der Waals surface area contributed by atoms with Crippen LogP contribution >= 0.6 is 0 Å². The summed E-state index contributed by atoms with van der Waals surface area (Å²) in [5.74, 6) is -0.844. The molecule has 116 valence electrons. The van der Waals surface area contributed by atoms with E-state index in [1.807, 2.05) is 27.7 Å². The Hall–Kier alpha value is -1.62. The number of anilines is 1. The van der Waals surface area contributed by atoms with Crippen LogP contribution in [0.1, 0.15) is 43.6 Å². The molecule has 1 amide bonds. The lowest BCUT2D eigenvalue weighted by atomic mass is 9.97. The number of rotatable bonds is 1. The predicted molar refractivity (Wildman–Crippen MR) is 80.7 cm³/mol. The summed E-state index contributed by atoms with van der Waals surface area (Å²) < 4.78 is 20.2. The highest BCUT2D eigenvalue weighted by Crippen LogP contribution is 2.30. The van der Waals surface area contributed by atoms with E-state index in [-0.39, 0.29) is 11.5 Å². The Morgan fingerprint density at radius 1 is 1.24 bits per heavy atom. The lowest BCUT2D eigenvalue weighted by molar-refractivity contribution is -0.171. The molecule has 0 radical (unpaired) electrons. The number of carbonyl (C=O) groups excluding carboxylic acids is 1. The summed E-state index contributed by atoms with van der Waals surface area (Å²) in [6.07, 6.45) is 0. The molecule has 0 aliphatic carbocycles. The first kappa shape index (κ1) is 15.8. The van der Waals surface area contributed by atoms with Crippen LogP contribution < -0.4 is 5.73 Å². The van der Waals surface area contributed by atoms with Crippen molar-refractivity contribution in [2.45, 2.75) is 45.8 Å². The maximum absolute atomic E-state index is 14.2. The molecule has 1 fully saturated rings. The van der Waals surface area contributed by atoms with E-state index >= 15 is 0 Å². The van der Waals surface area contributed by atoms with Crippen molar-refractivity contribution in [3.63, 3.8) is 0 Å². The number of carbonyl (C=O) groups is 1. The minimum absolute atomic E-state index is 0.0287. The fourth-order valence-corrected chi connectivity index (χ4v) is 3.05. The molecule has 1 aromatic carbocycles. The Morgan fingerprint density at radius 2 is 1.76 bits per heavy atom. The molecular formula is C16H23FN2O2. The highest BCUT2D eigenvalue weighted by Gasteiger charge is 2.40. The molecule has 2 N–H and O–H groups in total. The molecule has 0 atom stereocenters. The van der Waals surface area contributed by atoms with Gasteiger partial charge in [-0.2, -0.15) is 0 Å². The van der Waals surface area contributed by atoms with Crippen LogP contribution in [0.5, 0.6) is 0 Å². The van der Waals surface area contributed by atoms with E-state index in [0.29, 0.717) is 24.3 Å². The monoisotopic (exact) mass is 294 g/mol. The van der Waals surface area contributed by atoms with Crippen molar-refractivity contribution in [1.29, 1.82) is 0 Å². The summed E-state index contributed by atoms with van der Waals surface area (Å²) in [5.41, 5.74) is 5.60. The molecule has 2 rings (SSSR count). The van der Waals surface area contributed by atoms with Crippen LogP contribution in [0.2, 0.25) is 0 Å². The van der Waals surface area contributed by atoms with Crippen molar-refractivity contribution in [1.82, 2.24) is 4.90 Å². The van der Waals surface area contributed by atoms with Crippen LogP contribution in [0.3, 0.4) is 0 Å². The molecule has 1 aromatic rings. The van der Waals surface area contributed by atoms with Crippen LogP contribution in [0.4, 0.5) is 10.1 Å². The number of nitrogens with zero attached hydrogens (tertiary/aromatic N) is 1. The molecule has 1 heterocycles. The Bertz CT molecular complexity index is 566. The Labute approximate surface area is 125 Å². The highest BCUT2D eigenvalue weighted by atomic mass is 19.1. The number of morpholine rings is 1. The third-order valence-corrected chi connectivity index (χ3v) is 3.49. The summed E-state index contributed by atoms with van der Waals surface area (Å²) in [5, 5.41) is 0. The van der Waals surface area contributed by atoms with E-state index in [4.69, 9.17) is 10.5 Å². The second-order valence-electron chi connectivity index (χ2n) is 6.98. The predicted octanol–water partition coefficient (Wildman–Crippen LogP) is 2.75. The summed E-state index contributed by atoms with van der Waals surface area (Å²) in [6, 6.07) is 2.93. The first-order valence-electron chi connectivity index (χ1n) is 7.06. The summed E-state index contributed by atoms with van der Waals surface area (Å²) in [6.45, 7) is 10.1. The summed E-state index contributed by atoms with van der Waals surface area (Å²) >= 11 is 0. The van der Waals surface area contributed by atoms with E-state index in [0.717, 1.165) is 0 Å². The van der Waals surface area contributed by atoms with Gasteiger partial charge in [-0.1, -0.05) is 0 Å². The van der Waals surface area contributed by atoms with E-state index in [9.17, 15) is 9.18 Å². The molecule has 1 saturated heterocycles.